The maximum absolute atomic E-state index is 12.8. The highest BCUT2D eigenvalue weighted by Crippen LogP contribution is 2.44. The lowest BCUT2D eigenvalue weighted by atomic mass is 10.0. The maximum Gasteiger partial charge on any atom is 0.422 e. The number of aryl methyl sites for hydroxylation is 1. The van der Waals surface area contributed by atoms with Crippen molar-refractivity contribution in [2.75, 3.05) is 18.6 Å². The molecule has 0 unspecified atom stereocenters. The Morgan fingerprint density at radius 3 is 2.55 bits per heavy atom. The van der Waals surface area contributed by atoms with E-state index in [0.717, 1.165) is 25.2 Å². The first-order valence-electron chi connectivity index (χ1n) is 9.26. The molecule has 31 heavy (non-hydrogen) atoms. The minimum atomic E-state index is -4.54. The fraction of sp³-hybridized carbons (Fsp3) is 0.556. The number of hydrogen-bond acceptors (Lipinski definition) is 8. The molecule has 1 fully saturated rings. The predicted molar refractivity (Wildman–Crippen MR) is 101 cm³/mol. The molecule has 2 heterocycles. The molecule has 1 atom stereocenters. The number of hydrogen-bond donors (Lipinski definition) is 1. The summed E-state index contributed by atoms with van der Waals surface area (Å²) in [6.45, 7) is 1.39. The van der Waals surface area contributed by atoms with Gasteiger partial charge in [-0.3, -0.25) is 9.78 Å². The van der Waals surface area contributed by atoms with Crippen molar-refractivity contribution >= 4 is 15.7 Å². The van der Waals surface area contributed by atoms with Gasteiger partial charge in [-0.25, -0.2) is 8.42 Å². The van der Waals surface area contributed by atoms with Crippen molar-refractivity contribution < 1.29 is 35.6 Å². The molecule has 2 aromatic rings. The Morgan fingerprint density at radius 2 is 2.03 bits per heavy atom. The molecule has 0 bridgehead atoms. The van der Waals surface area contributed by atoms with Gasteiger partial charge in [0.1, 0.15) is 26.8 Å². The molecule has 9 nitrogen and oxygen atoms in total. The number of amides is 1. The van der Waals surface area contributed by atoms with E-state index in [1.54, 1.807) is 0 Å². The Balaban J connectivity index is 1.89. The molecule has 0 saturated heterocycles. The van der Waals surface area contributed by atoms with Gasteiger partial charge in [-0.05, 0) is 25.7 Å². The number of carbonyl (C=O) groups is 1. The fourth-order valence-electron chi connectivity index (χ4n) is 3.08. The number of halogens is 3. The average molecular weight is 462 g/mol. The number of ether oxygens (including phenoxy) is 1. The van der Waals surface area contributed by atoms with E-state index in [1.165, 1.54) is 20.0 Å². The third kappa shape index (κ3) is 6.15. The number of aromatic nitrogens is 3. The molecule has 13 heteroatoms. The number of rotatable bonds is 8. The number of alkyl halides is 3. The molecule has 3 rings (SSSR count). The minimum absolute atomic E-state index is 0.0330. The van der Waals surface area contributed by atoms with Crippen molar-refractivity contribution in [1.82, 2.24) is 20.4 Å². The highest BCUT2D eigenvalue weighted by atomic mass is 32.2. The van der Waals surface area contributed by atoms with Gasteiger partial charge in [0.05, 0.1) is 5.75 Å². The first kappa shape index (κ1) is 23.0. The molecule has 1 saturated carbocycles. The number of carbonyl (C=O) groups excluding carboxylic acids is 1. The largest absolute Gasteiger partial charge is 0.484 e. The van der Waals surface area contributed by atoms with Crippen LogP contribution in [-0.2, 0) is 15.4 Å². The monoisotopic (exact) mass is 462 g/mol. The van der Waals surface area contributed by atoms with Crippen LogP contribution >= 0.6 is 0 Å². The van der Waals surface area contributed by atoms with Crippen molar-refractivity contribution in [2.45, 2.75) is 44.3 Å². The molecule has 0 spiro atoms. The molecule has 1 amide bonds. The van der Waals surface area contributed by atoms with Crippen LogP contribution in [0.1, 0.15) is 53.5 Å². The van der Waals surface area contributed by atoms with Crippen molar-refractivity contribution in [1.29, 1.82) is 0 Å². The van der Waals surface area contributed by atoms with Crippen LogP contribution < -0.4 is 10.1 Å². The van der Waals surface area contributed by atoms with Crippen molar-refractivity contribution in [2.24, 2.45) is 0 Å². The van der Waals surface area contributed by atoms with Crippen LogP contribution in [0.25, 0.3) is 0 Å². The molecule has 1 aliphatic rings. The van der Waals surface area contributed by atoms with Gasteiger partial charge in [0.15, 0.2) is 12.4 Å². The summed E-state index contributed by atoms with van der Waals surface area (Å²) in [7, 11) is -3.60. The zero-order chi connectivity index (χ0) is 23.0. The van der Waals surface area contributed by atoms with Crippen LogP contribution in [0, 0.1) is 6.92 Å². The second-order valence-corrected chi connectivity index (χ2v) is 9.92. The van der Waals surface area contributed by atoms with E-state index in [-0.39, 0.29) is 29.1 Å². The van der Waals surface area contributed by atoms with E-state index in [9.17, 15) is 26.4 Å². The second kappa shape index (κ2) is 8.09. The number of nitrogens with one attached hydrogen (secondary N) is 1. The van der Waals surface area contributed by atoms with Gasteiger partial charge in [-0.2, -0.15) is 18.2 Å². The predicted octanol–water partition coefficient (Wildman–Crippen LogP) is 2.28. The molecule has 0 aromatic carbocycles. The minimum Gasteiger partial charge on any atom is -0.484 e. The third-order valence-electron chi connectivity index (χ3n) is 4.50. The normalized spacial score (nSPS) is 16.6. The summed E-state index contributed by atoms with van der Waals surface area (Å²) in [5.74, 6) is -1.31. The zero-order valence-corrected chi connectivity index (χ0v) is 17.8. The molecular formula is C18H21F3N4O5S. The maximum atomic E-state index is 12.8. The van der Waals surface area contributed by atoms with E-state index in [2.05, 4.69) is 20.4 Å². The van der Waals surface area contributed by atoms with Crippen molar-refractivity contribution in [3.05, 3.63) is 35.2 Å². The summed E-state index contributed by atoms with van der Waals surface area (Å²) in [5.41, 5.74) is -1.30. The fourth-order valence-corrected chi connectivity index (χ4v) is 4.33. The highest BCUT2D eigenvalue weighted by Gasteiger charge is 2.38. The lowest BCUT2D eigenvalue weighted by molar-refractivity contribution is -0.153. The van der Waals surface area contributed by atoms with Gasteiger partial charge >= 0.3 is 6.18 Å². The summed E-state index contributed by atoms with van der Waals surface area (Å²) in [6, 6.07) is 1.12. The van der Waals surface area contributed by atoms with E-state index in [1.807, 2.05) is 0 Å². The van der Waals surface area contributed by atoms with Gasteiger partial charge in [0.25, 0.3) is 5.91 Å². The summed E-state index contributed by atoms with van der Waals surface area (Å²) >= 11 is 0. The smallest absolute Gasteiger partial charge is 0.422 e. The zero-order valence-electron chi connectivity index (χ0n) is 17.0. The summed E-state index contributed by atoms with van der Waals surface area (Å²) < 4.78 is 71.5. The Hall–Kier alpha value is -2.70. The first-order valence-corrected chi connectivity index (χ1v) is 11.3. The van der Waals surface area contributed by atoms with Crippen LogP contribution in [0.4, 0.5) is 13.2 Å². The molecule has 2 aromatic heterocycles. The van der Waals surface area contributed by atoms with E-state index < -0.39 is 39.8 Å². The SMILES string of the molecule is Cc1nc([C@](C)(CS(C)(=O)=O)NC(=O)c2cc(OCC(F)(F)F)c(C3CC3)cn2)no1. The molecular weight excluding hydrogens is 441 g/mol. The number of pyridine rings is 1. The Labute approximate surface area is 176 Å². The van der Waals surface area contributed by atoms with Crippen LogP contribution in [0.5, 0.6) is 5.75 Å². The Morgan fingerprint density at radius 1 is 1.35 bits per heavy atom. The van der Waals surface area contributed by atoms with Crippen LogP contribution in [0.3, 0.4) is 0 Å². The van der Waals surface area contributed by atoms with Gasteiger partial charge in [0, 0.05) is 31.0 Å². The van der Waals surface area contributed by atoms with Crippen molar-refractivity contribution in [3.63, 3.8) is 0 Å². The standard InChI is InChI=1S/C18H21F3N4O5S/c1-10-23-16(25-30-10)17(2,9-31(3,27)28)24-15(26)13-6-14(29-8-18(19,20)21)12(7-22-13)11-4-5-11/h6-7,11H,4-5,8-9H2,1-3H3,(H,24,26)/t17-/m0/s1. The third-order valence-corrected chi connectivity index (χ3v) is 5.60. The second-order valence-electron chi connectivity index (χ2n) is 7.78. The lowest BCUT2D eigenvalue weighted by Crippen LogP contribution is -2.49. The highest BCUT2D eigenvalue weighted by molar-refractivity contribution is 7.90. The molecule has 1 aliphatic carbocycles. The molecule has 0 aliphatic heterocycles. The Kier molecular flexibility index (Phi) is 6.00. The van der Waals surface area contributed by atoms with Gasteiger partial charge < -0.3 is 14.6 Å². The van der Waals surface area contributed by atoms with Gasteiger partial charge in [0.2, 0.25) is 5.89 Å². The molecule has 170 valence electrons. The van der Waals surface area contributed by atoms with Crippen LogP contribution in [-0.4, -0.2) is 54.2 Å². The van der Waals surface area contributed by atoms with E-state index in [4.69, 9.17) is 9.26 Å². The topological polar surface area (TPSA) is 124 Å². The van der Waals surface area contributed by atoms with E-state index >= 15 is 0 Å². The van der Waals surface area contributed by atoms with Gasteiger partial charge in [-0.15, -0.1) is 0 Å². The average Bonchev–Trinajstić information content (AvgIpc) is 3.37. The summed E-state index contributed by atoms with van der Waals surface area (Å²) in [4.78, 5) is 20.9. The van der Waals surface area contributed by atoms with Crippen molar-refractivity contribution in [3.8, 4) is 5.75 Å². The van der Waals surface area contributed by atoms with Crippen LogP contribution in [0.15, 0.2) is 16.8 Å². The molecule has 1 N–H and O–H groups in total. The van der Waals surface area contributed by atoms with Gasteiger partial charge in [-0.1, -0.05) is 5.16 Å². The summed E-state index contributed by atoms with van der Waals surface area (Å²) in [5, 5.41) is 6.22. The first-order chi connectivity index (χ1) is 14.3. The number of nitrogens with zero attached hydrogens (tertiary/aromatic N) is 3. The number of sulfone groups is 1. The molecule has 0 radical (unpaired) electrons. The van der Waals surface area contributed by atoms with E-state index in [0.29, 0.717) is 5.56 Å². The summed E-state index contributed by atoms with van der Waals surface area (Å²) in [6.07, 6.45) is -0.670. The Bertz CT molecular complexity index is 1080. The van der Waals surface area contributed by atoms with Crippen LogP contribution in [0.2, 0.25) is 0 Å². The quantitative estimate of drug-likeness (QED) is 0.634. The lowest BCUT2D eigenvalue weighted by Gasteiger charge is -2.26.